The number of thioether (sulfide) groups is 1. The Balaban J connectivity index is 2.01. The predicted molar refractivity (Wildman–Crippen MR) is 69.4 cm³/mol. The monoisotopic (exact) mass is 230 g/mol. The summed E-state index contributed by atoms with van der Waals surface area (Å²) in [7, 11) is 0. The Morgan fingerprint density at radius 1 is 1.19 bits per heavy atom. The van der Waals surface area contributed by atoms with Gasteiger partial charge in [-0.25, -0.2) is 0 Å². The summed E-state index contributed by atoms with van der Waals surface area (Å²) in [4.78, 5) is 10.8. The van der Waals surface area contributed by atoms with Crippen molar-refractivity contribution in [2.75, 3.05) is 0 Å². The zero-order chi connectivity index (χ0) is 11.4. The van der Waals surface area contributed by atoms with E-state index in [-0.39, 0.29) is 5.12 Å². The molecule has 1 aliphatic rings. The average molecular weight is 230 g/mol. The molecule has 0 aliphatic heterocycles. The number of hydrogen-bond acceptors (Lipinski definition) is 2. The third-order valence-corrected chi connectivity index (χ3v) is 3.44. The Bertz CT molecular complexity index is 417. The van der Waals surface area contributed by atoms with Crippen LogP contribution in [0.25, 0.3) is 0 Å². The van der Waals surface area contributed by atoms with Crippen molar-refractivity contribution in [3.05, 3.63) is 59.7 Å². The first-order chi connectivity index (χ1) is 7.75. The highest BCUT2D eigenvalue weighted by Gasteiger charge is 2.06. The first-order valence-electron chi connectivity index (χ1n) is 5.33. The van der Waals surface area contributed by atoms with Crippen molar-refractivity contribution >= 4 is 16.9 Å². The summed E-state index contributed by atoms with van der Waals surface area (Å²) in [5.41, 5.74) is 2.51. The molecule has 0 heterocycles. The molecule has 0 aromatic heterocycles. The fraction of sp³-hybridized carbons (Fsp3) is 0.214. The van der Waals surface area contributed by atoms with Crippen LogP contribution >= 0.6 is 11.8 Å². The van der Waals surface area contributed by atoms with Gasteiger partial charge in [0.1, 0.15) is 0 Å². The molecule has 1 aromatic rings. The van der Waals surface area contributed by atoms with Crippen LogP contribution in [0.4, 0.5) is 0 Å². The van der Waals surface area contributed by atoms with Gasteiger partial charge in [0.05, 0.1) is 0 Å². The van der Waals surface area contributed by atoms with Gasteiger partial charge in [-0.15, -0.1) is 0 Å². The van der Waals surface area contributed by atoms with Gasteiger partial charge in [0.2, 0.25) is 0 Å². The Labute approximate surface area is 100 Å². The molecular formula is C14H14OS. The van der Waals surface area contributed by atoms with E-state index in [1.165, 1.54) is 22.9 Å². The van der Waals surface area contributed by atoms with Crippen molar-refractivity contribution in [3.63, 3.8) is 0 Å². The fourth-order valence-corrected chi connectivity index (χ4v) is 2.24. The van der Waals surface area contributed by atoms with Crippen molar-refractivity contribution in [1.82, 2.24) is 0 Å². The second kappa shape index (κ2) is 5.17. The van der Waals surface area contributed by atoms with E-state index in [1.54, 1.807) is 6.92 Å². The van der Waals surface area contributed by atoms with Crippen molar-refractivity contribution in [1.29, 1.82) is 0 Å². The maximum atomic E-state index is 10.8. The van der Waals surface area contributed by atoms with Gasteiger partial charge in [0.25, 0.3) is 0 Å². The van der Waals surface area contributed by atoms with E-state index in [1.807, 2.05) is 0 Å². The van der Waals surface area contributed by atoms with Gasteiger partial charge in [0, 0.05) is 18.6 Å². The predicted octanol–water partition coefficient (Wildman–Crippen LogP) is 3.68. The van der Waals surface area contributed by atoms with Gasteiger partial charge in [-0.1, -0.05) is 60.3 Å². The van der Waals surface area contributed by atoms with Crippen molar-refractivity contribution < 1.29 is 4.79 Å². The molecule has 1 aliphatic carbocycles. The molecule has 1 aromatic carbocycles. The van der Waals surface area contributed by atoms with E-state index in [9.17, 15) is 4.79 Å². The molecule has 0 atom stereocenters. The maximum Gasteiger partial charge on any atom is 0.186 e. The van der Waals surface area contributed by atoms with Crippen molar-refractivity contribution in [2.45, 2.75) is 18.6 Å². The number of rotatable bonds is 3. The first kappa shape index (κ1) is 11.2. The molecule has 0 saturated heterocycles. The molecule has 0 fully saturated rings. The molecule has 0 amide bonds. The molecule has 2 heteroatoms. The van der Waals surface area contributed by atoms with Gasteiger partial charge in [-0.2, -0.15) is 0 Å². The number of allylic oxidation sites excluding steroid dienone is 4. The Hall–Kier alpha value is -1.28. The molecule has 16 heavy (non-hydrogen) atoms. The van der Waals surface area contributed by atoms with Crippen molar-refractivity contribution in [3.8, 4) is 0 Å². The molecule has 0 N–H and O–H groups in total. The molecule has 0 spiro atoms. The first-order valence-corrected chi connectivity index (χ1v) is 6.31. The highest BCUT2D eigenvalue weighted by Crippen LogP contribution is 2.24. The minimum Gasteiger partial charge on any atom is -0.288 e. The summed E-state index contributed by atoms with van der Waals surface area (Å²) in [6.07, 6.45) is 8.51. The molecule has 0 saturated carbocycles. The lowest BCUT2D eigenvalue weighted by atomic mass is 10.00. The topological polar surface area (TPSA) is 17.1 Å². The molecule has 0 unspecified atom stereocenters. The number of benzene rings is 1. The van der Waals surface area contributed by atoms with Crippen LogP contribution in [0, 0.1) is 0 Å². The molecule has 0 bridgehead atoms. The standard InChI is InChI=1S/C14H14OS/c1-11(15)16-10-12-6-8-14(9-7-12)13-4-2-3-5-13/h2-9,13H,10H2,1H3. The van der Waals surface area contributed by atoms with Crippen LogP contribution in [0.5, 0.6) is 0 Å². The van der Waals surface area contributed by atoms with Crippen LogP contribution in [-0.2, 0) is 10.5 Å². The van der Waals surface area contributed by atoms with Crippen LogP contribution in [0.15, 0.2) is 48.6 Å². The summed E-state index contributed by atoms with van der Waals surface area (Å²) < 4.78 is 0. The minimum absolute atomic E-state index is 0.172. The third-order valence-electron chi connectivity index (χ3n) is 2.55. The second-order valence-corrected chi connectivity index (χ2v) is 4.97. The normalized spacial score (nSPS) is 14.6. The van der Waals surface area contributed by atoms with Crippen LogP contribution in [0.2, 0.25) is 0 Å². The third kappa shape index (κ3) is 2.86. The van der Waals surface area contributed by atoms with E-state index in [0.29, 0.717) is 5.92 Å². The number of carbonyl (C=O) groups excluding carboxylic acids is 1. The van der Waals surface area contributed by atoms with E-state index in [4.69, 9.17) is 0 Å². The Morgan fingerprint density at radius 3 is 2.38 bits per heavy atom. The van der Waals surface area contributed by atoms with Crippen LogP contribution in [-0.4, -0.2) is 5.12 Å². The quantitative estimate of drug-likeness (QED) is 0.788. The second-order valence-electron chi connectivity index (χ2n) is 3.82. The van der Waals surface area contributed by atoms with Gasteiger partial charge in [-0.05, 0) is 11.1 Å². The summed E-state index contributed by atoms with van der Waals surface area (Å²) in [6.45, 7) is 1.60. The van der Waals surface area contributed by atoms with Gasteiger partial charge >= 0.3 is 0 Å². The zero-order valence-electron chi connectivity index (χ0n) is 9.22. The smallest absolute Gasteiger partial charge is 0.186 e. The lowest BCUT2D eigenvalue weighted by Crippen LogP contribution is -1.90. The summed E-state index contributed by atoms with van der Waals surface area (Å²) in [5.74, 6) is 1.20. The Kier molecular flexibility index (Phi) is 3.62. The largest absolute Gasteiger partial charge is 0.288 e. The van der Waals surface area contributed by atoms with Crippen LogP contribution in [0.1, 0.15) is 24.0 Å². The van der Waals surface area contributed by atoms with Crippen LogP contribution < -0.4 is 0 Å². The van der Waals surface area contributed by atoms with E-state index < -0.39 is 0 Å². The Morgan fingerprint density at radius 2 is 1.81 bits per heavy atom. The minimum atomic E-state index is 0.172. The van der Waals surface area contributed by atoms with Crippen molar-refractivity contribution in [2.24, 2.45) is 0 Å². The number of carbonyl (C=O) groups is 1. The van der Waals surface area contributed by atoms with Gasteiger partial charge in [0.15, 0.2) is 5.12 Å². The average Bonchev–Trinajstić information content (AvgIpc) is 2.80. The molecule has 2 rings (SSSR count). The highest BCUT2D eigenvalue weighted by molar-refractivity contribution is 8.12. The highest BCUT2D eigenvalue weighted by atomic mass is 32.2. The van der Waals surface area contributed by atoms with E-state index in [0.717, 1.165) is 5.75 Å². The summed E-state index contributed by atoms with van der Waals surface area (Å²) in [5, 5.41) is 0.172. The summed E-state index contributed by atoms with van der Waals surface area (Å²) in [6, 6.07) is 8.48. The number of hydrogen-bond donors (Lipinski definition) is 0. The molecule has 82 valence electrons. The van der Waals surface area contributed by atoms with Gasteiger partial charge < -0.3 is 0 Å². The molecule has 0 radical (unpaired) electrons. The van der Waals surface area contributed by atoms with Crippen LogP contribution in [0.3, 0.4) is 0 Å². The fourth-order valence-electron chi connectivity index (χ4n) is 1.68. The lowest BCUT2D eigenvalue weighted by Gasteiger charge is -2.06. The molecule has 1 nitrogen and oxygen atoms in total. The zero-order valence-corrected chi connectivity index (χ0v) is 10.0. The maximum absolute atomic E-state index is 10.8. The SMILES string of the molecule is CC(=O)SCc1ccc(C2C=CC=C2)cc1. The lowest BCUT2D eigenvalue weighted by molar-refractivity contribution is -0.109. The molecular weight excluding hydrogens is 216 g/mol. The van der Waals surface area contributed by atoms with E-state index >= 15 is 0 Å². The summed E-state index contributed by atoms with van der Waals surface area (Å²) >= 11 is 1.36. The van der Waals surface area contributed by atoms with Gasteiger partial charge in [-0.3, -0.25) is 4.79 Å². The van der Waals surface area contributed by atoms with E-state index in [2.05, 4.69) is 48.6 Å².